The standard InChI is InChI=1S/C10H16N4OS/c1-6-7(2)13-14-10(8(6)9(11)12)16-5-3-4-15/h15H,3-5H2,1-2H3,(H3,11,12). The number of thioether (sulfide) groups is 1. The lowest BCUT2D eigenvalue weighted by molar-refractivity contribution is 0.296. The van der Waals surface area contributed by atoms with Crippen molar-refractivity contribution in [2.24, 2.45) is 5.73 Å². The van der Waals surface area contributed by atoms with Crippen LogP contribution < -0.4 is 5.73 Å². The molecule has 0 fully saturated rings. The van der Waals surface area contributed by atoms with Gasteiger partial charge in [-0.2, -0.15) is 5.10 Å². The van der Waals surface area contributed by atoms with E-state index in [0.29, 0.717) is 17.0 Å². The van der Waals surface area contributed by atoms with E-state index < -0.39 is 0 Å². The molecule has 0 saturated carbocycles. The van der Waals surface area contributed by atoms with Gasteiger partial charge >= 0.3 is 0 Å². The summed E-state index contributed by atoms with van der Waals surface area (Å²) in [5, 5.41) is 25.0. The second kappa shape index (κ2) is 5.81. The van der Waals surface area contributed by atoms with Crippen LogP contribution >= 0.6 is 11.8 Å². The largest absolute Gasteiger partial charge is 0.396 e. The second-order valence-electron chi connectivity index (χ2n) is 3.43. The number of rotatable bonds is 5. The maximum absolute atomic E-state index is 8.71. The minimum absolute atomic E-state index is 0.0157. The maximum atomic E-state index is 8.71. The summed E-state index contributed by atoms with van der Waals surface area (Å²) < 4.78 is 0. The predicted octanol–water partition coefficient (Wildman–Crippen LogP) is 0.852. The predicted molar refractivity (Wildman–Crippen MR) is 64.9 cm³/mol. The molecule has 0 bridgehead atoms. The van der Waals surface area contributed by atoms with E-state index in [-0.39, 0.29) is 12.4 Å². The van der Waals surface area contributed by atoms with Gasteiger partial charge in [0.2, 0.25) is 0 Å². The second-order valence-corrected chi connectivity index (χ2v) is 4.51. The Morgan fingerprint density at radius 2 is 2.12 bits per heavy atom. The summed E-state index contributed by atoms with van der Waals surface area (Å²) in [6, 6.07) is 0. The lowest BCUT2D eigenvalue weighted by atomic mass is 10.1. The Morgan fingerprint density at radius 3 is 2.69 bits per heavy atom. The van der Waals surface area contributed by atoms with E-state index in [2.05, 4.69) is 10.2 Å². The van der Waals surface area contributed by atoms with E-state index in [9.17, 15) is 0 Å². The third-order valence-corrected chi connectivity index (χ3v) is 3.28. The SMILES string of the molecule is Cc1nnc(SCCCO)c(C(=N)N)c1C. The molecule has 16 heavy (non-hydrogen) atoms. The molecule has 1 heterocycles. The fourth-order valence-corrected chi connectivity index (χ4v) is 2.21. The van der Waals surface area contributed by atoms with Crippen LogP contribution in [0.1, 0.15) is 23.2 Å². The molecule has 0 saturated heterocycles. The monoisotopic (exact) mass is 240 g/mol. The topological polar surface area (TPSA) is 95.9 Å². The van der Waals surface area contributed by atoms with Crippen molar-refractivity contribution < 1.29 is 5.11 Å². The van der Waals surface area contributed by atoms with Crippen LogP contribution in [0.25, 0.3) is 0 Å². The van der Waals surface area contributed by atoms with E-state index in [4.69, 9.17) is 16.2 Å². The Labute approximate surface area is 99.0 Å². The molecule has 6 heteroatoms. The van der Waals surface area contributed by atoms with Gasteiger partial charge in [0.15, 0.2) is 0 Å². The highest BCUT2D eigenvalue weighted by Gasteiger charge is 2.13. The molecular weight excluding hydrogens is 224 g/mol. The van der Waals surface area contributed by atoms with Gasteiger partial charge in [0.25, 0.3) is 0 Å². The summed E-state index contributed by atoms with van der Waals surface area (Å²) in [5.74, 6) is 0.760. The van der Waals surface area contributed by atoms with E-state index in [1.54, 1.807) is 0 Å². The first-order valence-corrected chi connectivity index (χ1v) is 5.98. The molecule has 0 unspecified atom stereocenters. The van der Waals surface area contributed by atoms with Gasteiger partial charge < -0.3 is 10.8 Å². The van der Waals surface area contributed by atoms with Gasteiger partial charge in [0.1, 0.15) is 10.9 Å². The van der Waals surface area contributed by atoms with Gasteiger partial charge in [-0.05, 0) is 25.8 Å². The molecule has 0 amide bonds. The maximum Gasteiger partial charge on any atom is 0.130 e. The molecular formula is C10H16N4OS. The number of nitrogens with zero attached hydrogens (tertiary/aromatic N) is 2. The Morgan fingerprint density at radius 1 is 1.44 bits per heavy atom. The van der Waals surface area contributed by atoms with E-state index in [0.717, 1.165) is 17.0 Å². The van der Waals surface area contributed by atoms with Crippen molar-refractivity contribution in [1.82, 2.24) is 10.2 Å². The van der Waals surface area contributed by atoms with Crippen LogP contribution in [-0.4, -0.2) is 33.5 Å². The minimum atomic E-state index is 0.0157. The molecule has 0 aliphatic heterocycles. The molecule has 5 nitrogen and oxygen atoms in total. The number of hydrogen-bond donors (Lipinski definition) is 3. The van der Waals surface area contributed by atoms with E-state index in [1.165, 1.54) is 11.8 Å². The summed E-state index contributed by atoms with van der Waals surface area (Å²) in [5.41, 5.74) is 7.89. The van der Waals surface area contributed by atoms with Gasteiger partial charge in [0.05, 0.1) is 11.3 Å². The lowest BCUT2D eigenvalue weighted by Gasteiger charge is -2.10. The van der Waals surface area contributed by atoms with Gasteiger partial charge in [0, 0.05) is 12.4 Å². The average Bonchev–Trinajstić information content (AvgIpc) is 2.23. The molecule has 0 radical (unpaired) electrons. The first kappa shape index (κ1) is 12.9. The molecule has 1 aromatic rings. The van der Waals surface area contributed by atoms with Crippen molar-refractivity contribution in [2.45, 2.75) is 25.3 Å². The van der Waals surface area contributed by atoms with Crippen LogP contribution in [0.15, 0.2) is 5.03 Å². The smallest absolute Gasteiger partial charge is 0.130 e. The highest BCUT2D eigenvalue weighted by atomic mass is 32.2. The highest BCUT2D eigenvalue weighted by Crippen LogP contribution is 2.23. The number of aliphatic hydroxyl groups is 1. The third-order valence-electron chi connectivity index (χ3n) is 2.23. The van der Waals surface area contributed by atoms with Crippen molar-refractivity contribution >= 4 is 17.6 Å². The quantitative estimate of drug-likeness (QED) is 0.307. The molecule has 0 aliphatic rings. The summed E-state index contributed by atoms with van der Waals surface area (Å²) >= 11 is 1.47. The number of nitrogen functional groups attached to an aromatic ring is 1. The van der Waals surface area contributed by atoms with E-state index >= 15 is 0 Å². The molecule has 88 valence electrons. The first-order valence-electron chi connectivity index (χ1n) is 4.99. The van der Waals surface area contributed by atoms with Crippen LogP contribution in [-0.2, 0) is 0 Å². The average molecular weight is 240 g/mol. The van der Waals surface area contributed by atoms with Crippen LogP contribution in [0.2, 0.25) is 0 Å². The number of nitrogens with one attached hydrogen (secondary N) is 1. The van der Waals surface area contributed by atoms with E-state index in [1.807, 2.05) is 13.8 Å². The molecule has 0 aliphatic carbocycles. The first-order chi connectivity index (χ1) is 7.57. The zero-order chi connectivity index (χ0) is 12.1. The zero-order valence-corrected chi connectivity index (χ0v) is 10.3. The fraction of sp³-hybridized carbons (Fsp3) is 0.500. The zero-order valence-electron chi connectivity index (χ0n) is 9.45. The Kier molecular flexibility index (Phi) is 4.70. The highest BCUT2D eigenvalue weighted by molar-refractivity contribution is 7.99. The van der Waals surface area contributed by atoms with Crippen molar-refractivity contribution in [3.63, 3.8) is 0 Å². The fourth-order valence-electron chi connectivity index (χ4n) is 1.24. The van der Waals surface area contributed by atoms with Crippen LogP contribution in [0.4, 0.5) is 0 Å². The summed E-state index contributed by atoms with van der Waals surface area (Å²) in [4.78, 5) is 0. The Bertz CT molecular complexity index is 395. The van der Waals surface area contributed by atoms with Crippen LogP contribution in [0.5, 0.6) is 0 Å². The van der Waals surface area contributed by atoms with Crippen molar-refractivity contribution in [3.8, 4) is 0 Å². The third kappa shape index (κ3) is 2.93. The van der Waals surface area contributed by atoms with Crippen molar-refractivity contribution in [2.75, 3.05) is 12.4 Å². The summed E-state index contributed by atoms with van der Waals surface area (Å²) in [7, 11) is 0. The molecule has 1 aromatic heterocycles. The number of aromatic nitrogens is 2. The molecule has 0 atom stereocenters. The normalized spacial score (nSPS) is 10.4. The Balaban J connectivity index is 2.99. The molecule has 1 rings (SSSR count). The van der Waals surface area contributed by atoms with Crippen molar-refractivity contribution in [1.29, 1.82) is 5.41 Å². The molecule has 4 N–H and O–H groups in total. The van der Waals surface area contributed by atoms with Crippen LogP contribution in [0.3, 0.4) is 0 Å². The van der Waals surface area contributed by atoms with Gasteiger partial charge in [-0.1, -0.05) is 0 Å². The molecule has 0 aromatic carbocycles. The number of aliphatic hydroxyl groups excluding tert-OH is 1. The lowest BCUT2D eigenvalue weighted by Crippen LogP contribution is -2.17. The van der Waals surface area contributed by atoms with Crippen molar-refractivity contribution in [3.05, 3.63) is 16.8 Å². The Hall–Kier alpha value is -1.14. The number of amidine groups is 1. The molecule has 0 spiro atoms. The number of aryl methyl sites for hydroxylation is 1. The number of nitrogens with two attached hydrogens (primary N) is 1. The summed E-state index contributed by atoms with van der Waals surface area (Å²) in [6.07, 6.45) is 0.691. The summed E-state index contributed by atoms with van der Waals surface area (Å²) in [6.45, 7) is 3.88. The van der Waals surface area contributed by atoms with Crippen LogP contribution in [0, 0.1) is 19.3 Å². The van der Waals surface area contributed by atoms with Gasteiger partial charge in [-0.15, -0.1) is 16.9 Å². The minimum Gasteiger partial charge on any atom is -0.396 e. The number of hydrogen-bond acceptors (Lipinski definition) is 5. The van der Waals surface area contributed by atoms with Gasteiger partial charge in [-0.25, -0.2) is 0 Å². The van der Waals surface area contributed by atoms with Gasteiger partial charge in [-0.3, -0.25) is 5.41 Å².